The van der Waals surface area contributed by atoms with E-state index in [1.54, 1.807) is 18.3 Å². The fourth-order valence-corrected chi connectivity index (χ4v) is 2.51. The number of benzene rings is 1. The molecular formula is C16H20N4O3S. The Morgan fingerprint density at radius 1 is 1.46 bits per heavy atom. The quantitative estimate of drug-likeness (QED) is 0.418. The average Bonchev–Trinajstić information content (AvgIpc) is 2.53. The summed E-state index contributed by atoms with van der Waals surface area (Å²) in [6.07, 6.45) is 2.76. The normalized spacial score (nSPS) is 11.2. The van der Waals surface area contributed by atoms with Gasteiger partial charge in [0.2, 0.25) is 5.91 Å². The van der Waals surface area contributed by atoms with Crippen molar-refractivity contribution in [1.29, 1.82) is 5.26 Å². The Kier molecular flexibility index (Phi) is 7.92. The van der Waals surface area contributed by atoms with E-state index < -0.39 is 4.92 Å². The van der Waals surface area contributed by atoms with Crippen molar-refractivity contribution in [2.75, 3.05) is 5.75 Å². The van der Waals surface area contributed by atoms with Crippen LogP contribution in [0.5, 0.6) is 0 Å². The number of hydrogen-bond acceptors (Lipinski definition) is 6. The molecule has 0 atom stereocenters. The van der Waals surface area contributed by atoms with Crippen molar-refractivity contribution < 1.29 is 9.72 Å². The molecule has 1 aromatic rings. The lowest BCUT2D eigenvalue weighted by Crippen LogP contribution is -2.22. The molecule has 0 unspecified atom stereocenters. The van der Waals surface area contributed by atoms with Crippen LogP contribution < -0.4 is 5.43 Å². The Morgan fingerprint density at radius 2 is 2.12 bits per heavy atom. The second-order valence-corrected chi connectivity index (χ2v) is 6.84. The summed E-state index contributed by atoms with van der Waals surface area (Å²) in [5.41, 5.74) is 3.19. The van der Waals surface area contributed by atoms with E-state index in [9.17, 15) is 14.9 Å². The summed E-state index contributed by atoms with van der Waals surface area (Å²) in [6.45, 7) is 3.90. The van der Waals surface area contributed by atoms with E-state index in [2.05, 4.69) is 16.6 Å². The summed E-state index contributed by atoms with van der Waals surface area (Å²) in [4.78, 5) is 21.8. The average molecular weight is 348 g/mol. The third-order valence-electron chi connectivity index (χ3n) is 3.13. The van der Waals surface area contributed by atoms with Crippen molar-refractivity contribution >= 4 is 29.6 Å². The largest absolute Gasteiger partial charge is 0.272 e. The maximum absolute atomic E-state index is 11.7. The zero-order chi connectivity index (χ0) is 18.0. The first-order chi connectivity index (χ1) is 11.3. The minimum atomic E-state index is -0.444. The number of nitro benzene ring substituents is 1. The number of carbonyl (C=O) groups is 1. The molecule has 0 spiro atoms. The molecule has 8 heteroatoms. The molecule has 0 heterocycles. The van der Waals surface area contributed by atoms with Gasteiger partial charge in [0.15, 0.2) is 0 Å². The molecule has 128 valence electrons. The Morgan fingerprint density at radius 3 is 2.71 bits per heavy atom. The van der Waals surface area contributed by atoms with Gasteiger partial charge in [-0.2, -0.15) is 10.4 Å². The van der Waals surface area contributed by atoms with Crippen LogP contribution in [-0.4, -0.2) is 22.8 Å². The molecule has 0 bridgehead atoms. The second kappa shape index (κ2) is 9.67. The van der Waals surface area contributed by atoms with Crippen LogP contribution in [0.15, 0.2) is 29.4 Å². The van der Waals surface area contributed by atoms with Gasteiger partial charge in [-0.05, 0) is 12.0 Å². The molecule has 0 aliphatic rings. The van der Waals surface area contributed by atoms with Crippen LogP contribution in [0.3, 0.4) is 0 Å². The van der Waals surface area contributed by atoms with Crippen molar-refractivity contribution in [3.8, 4) is 6.07 Å². The van der Waals surface area contributed by atoms with Gasteiger partial charge >= 0.3 is 0 Å². The minimum Gasteiger partial charge on any atom is -0.272 e. The number of hydrazone groups is 1. The maximum Gasteiger partial charge on any atom is 0.269 e. The van der Waals surface area contributed by atoms with Crippen LogP contribution in [0, 0.1) is 26.9 Å². The summed E-state index contributed by atoms with van der Waals surface area (Å²) in [6, 6.07) is 8.34. The van der Waals surface area contributed by atoms with Gasteiger partial charge in [-0.1, -0.05) is 26.0 Å². The van der Waals surface area contributed by atoms with Gasteiger partial charge < -0.3 is 0 Å². The maximum atomic E-state index is 11.7. The van der Waals surface area contributed by atoms with Crippen molar-refractivity contribution in [3.63, 3.8) is 0 Å². The van der Waals surface area contributed by atoms with Crippen molar-refractivity contribution in [2.45, 2.75) is 32.4 Å². The summed E-state index contributed by atoms with van der Waals surface area (Å²) < 4.78 is 0. The summed E-state index contributed by atoms with van der Waals surface area (Å²) in [5, 5.41) is 23.1. The van der Waals surface area contributed by atoms with Gasteiger partial charge in [-0.25, -0.2) is 5.43 Å². The molecule has 0 saturated heterocycles. The van der Waals surface area contributed by atoms with Crippen molar-refractivity contribution in [3.05, 3.63) is 39.9 Å². The van der Waals surface area contributed by atoms with E-state index in [0.717, 1.165) is 5.56 Å². The number of nitrogens with zero attached hydrogens (tertiary/aromatic N) is 3. The Labute approximate surface area is 145 Å². The van der Waals surface area contributed by atoms with E-state index in [4.69, 9.17) is 5.26 Å². The molecule has 24 heavy (non-hydrogen) atoms. The molecule has 1 N–H and O–H groups in total. The number of nitrogens with one attached hydrogen (secondary N) is 1. The second-order valence-electron chi connectivity index (χ2n) is 5.86. The number of rotatable bonds is 9. The minimum absolute atomic E-state index is 0.0508. The van der Waals surface area contributed by atoms with Gasteiger partial charge in [0.1, 0.15) is 0 Å². The molecule has 1 amide bonds. The zero-order valence-corrected chi connectivity index (χ0v) is 14.5. The zero-order valence-electron chi connectivity index (χ0n) is 13.7. The summed E-state index contributed by atoms with van der Waals surface area (Å²) >= 11 is 1.40. The van der Waals surface area contributed by atoms with Gasteiger partial charge in [0.05, 0.1) is 16.7 Å². The first-order valence-corrected chi connectivity index (χ1v) is 8.50. The van der Waals surface area contributed by atoms with Crippen LogP contribution in [-0.2, 0) is 10.5 Å². The number of amides is 1. The predicted octanol–water partition coefficient (Wildman–Crippen LogP) is 3.26. The highest BCUT2D eigenvalue weighted by Crippen LogP contribution is 2.19. The Bertz CT molecular complexity index is 636. The van der Waals surface area contributed by atoms with Crippen LogP contribution in [0.4, 0.5) is 5.69 Å². The predicted molar refractivity (Wildman–Crippen MR) is 94.5 cm³/mol. The molecular weight excluding hydrogens is 328 g/mol. The highest BCUT2D eigenvalue weighted by Gasteiger charge is 2.14. The number of thioether (sulfide) groups is 1. The summed E-state index contributed by atoms with van der Waals surface area (Å²) in [7, 11) is 0. The highest BCUT2D eigenvalue weighted by atomic mass is 32.2. The van der Waals surface area contributed by atoms with Crippen LogP contribution in [0.25, 0.3) is 0 Å². The van der Waals surface area contributed by atoms with E-state index in [0.29, 0.717) is 18.6 Å². The molecule has 0 fully saturated rings. The lowest BCUT2D eigenvalue weighted by Gasteiger charge is -2.16. The number of carbonyl (C=O) groups excluding carboxylic acids is 1. The first-order valence-electron chi connectivity index (χ1n) is 7.35. The van der Waals surface area contributed by atoms with Gasteiger partial charge in [0, 0.05) is 35.9 Å². The molecule has 1 aromatic carbocycles. The Hall–Kier alpha value is -2.40. The van der Waals surface area contributed by atoms with Crippen LogP contribution >= 0.6 is 11.8 Å². The lowest BCUT2D eigenvalue weighted by molar-refractivity contribution is -0.384. The Balaban J connectivity index is 2.31. The lowest BCUT2D eigenvalue weighted by atomic mass is 9.90. The monoisotopic (exact) mass is 348 g/mol. The summed E-state index contributed by atoms with van der Waals surface area (Å²) in [5.74, 6) is 0.615. The molecule has 0 radical (unpaired) electrons. The van der Waals surface area contributed by atoms with E-state index in [-0.39, 0.29) is 22.8 Å². The number of nitro groups is 1. The molecule has 0 aliphatic heterocycles. The van der Waals surface area contributed by atoms with E-state index in [1.165, 1.54) is 23.9 Å². The smallest absolute Gasteiger partial charge is 0.269 e. The van der Waals surface area contributed by atoms with Gasteiger partial charge in [-0.15, -0.1) is 11.8 Å². The molecule has 0 saturated carbocycles. The van der Waals surface area contributed by atoms with Crippen LogP contribution in [0.2, 0.25) is 0 Å². The molecule has 7 nitrogen and oxygen atoms in total. The number of hydrogen-bond donors (Lipinski definition) is 1. The number of nitriles is 1. The third-order valence-corrected chi connectivity index (χ3v) is 4.14. The highest BCUT2D eigenvalue weighted by molar-refractivity contribution is 7.99. The van der Waals surface area contributed by atoms with Gasteiger partial charge in [-0.3, -0.25) is 14.9 Å². The molecule has 0 aliphatic carbocycles. The fourth-order valence-electron chi connectivity index (χ4n) is 1.73. The molecule has 1 rings (SSSR count). The standard InChI is InChI=1S/C16H20N4O3S/c1-16(2,8-3-9-17)12-18-19-15(21)11-24-10-13-4-6-14(7-5-13)20(22)23/h4-7,12H,3,8,10-11H2,1-2H3,(H,19,21)/b18-12-. The SMILES string of the molecule is CC(C)(/C=N\NC(=O)CSCc1ccc([N+](=O)[O-])cc1)CCC#N. The third kappa shape index (κ3) is 7.74. The number of non-ortho nitro benzene ring substituents is 1. The van der Waals surface area contributed by atoms with Crippen molar-refractivity contribution in [2.24, 2.45) is 10.5 Å². The van der Waals surface area contributed by atoms with Crippen LogP contribution in [0.1, 0.15) is 32.3 Å². The topological polar surface area (TPSA) is 108 Å². The van der Waals surface area contributed by atoms with Gasteiger partial charge in [0.25, 0.3) is 5.69 Å². The first kappa shape index (κ1) is 19.6. The van der Waals surface area contributed by atoms with E-state index in [1.807, 2.05) is 13.8 Å². The van der Waals surface area contributed by atoms with Crippen molar-refractivity contribution in [1.82, 2.24) is 5.43 Å². The fraction of sp³-hybridized carbons (Fsp3) is 0.438. The van der Waals surface area contributed by atoms with E-state index >= 15 is 0 Å². The molecule has 0 aromatic heterocycles.